The minimum Gasteiger partial charge on any atom is -0.391 e. The molecular formula is C15H20N2O2. The summed E-state index contributed by atoms with van der Waals surface area (Å²) in [6, 6.07) is 7.90. The van der Waals surface area contributed by atoms with E-state index in [1.807, 2.05) is 18.2 Å². The van der Waals surface area contributed by atoms with E-state index in [0.29, 0.717) is 6.54 Å². The molecule has 1 unspecified atom stereocenters. The molecule has 0 bridgehead atoms. The van der Waals surface area contributed by atoms with Gasteiger partial charge < -0.3 is 15.3 Å². The maximum Gasteiger partial charge on any atom is 0.244 e. The number of hydrogen-bond acceptors (Lipinski definition) is 3. The lowest BCUT2D eigenvalue weighted by molar-refractivity contribution is -0.136. The van der Waals surface area contributed by atoms with Crippen molar-refractivity contribution >= 4 is 5.91 Å². The highest BCUT2D eigenvalue weighted by atomic mass is 16.3. The van der Waals surface area contributed by atoms with Gasteiger partial charge in [0.2, 0.25) is 5.91 Å². The molecule has 2 aliphatic heterocycles. The van der Waals surface area contributed by atoms with E-state index in [9.17, 15) is 9.90 Å². The van der Waals surface area contributed by atoms with Crippen molar-refractivity contribution in [2.45, 2.75) is 31.4 Å². The first kappa shape index (κ1) is 12.6. The van der Waals surface area contributed by atoms with Gasteiger partial charge in [-0.25, -0.2) is 0 Å². The summed E-state index contributed by atoms with van der Waals surface area (Å²) in [5.41, 5.74) is 2.36. The van der Waals surface area contributed by atoms with Gasteiger partial charge in [-0.2, -0.15) is 0 Å². The van der Waals surface area contributed by atoms with E-state index in [-0.39, 0.29) is 18.1 Å². The molecule has 1 aromatic carbocycles. The van der Waals surface area contributed by atoms with E-state index in [0.717, 1.165) is 37.9 Å². The zero-order valence-corrected chi connectivity index (χ0v) is 11.0. The van der Waals surface area contributed by atoms with Gasteiger partial charge in [0.1, 0.15) is 6.04 Å². The average Bonchev–Trinajstić information content (AvgIpc) is 2.46. The van der Waals surface area contributed by atoms with Crippen LogP contribution in [-0.2, 0) is 11.2 Å². The largest absolute Gasteiger partial charge is 0.391 e. The fraction of sp³-hybridized carbons (Fsp3) is 0.533. The van der Waals surface area contributed by atoms with Gasteiger partial charge in [-0.1, -0.05) is 24.3 Å². The summed E-state index contributed by atoms with van der Waals surface area (Å²) in [4.78, 5) is 14.4. The minimum atomic E-state index is -0.364. The molecule has 0 aliphatic carbocycles. The fourth-order valence-electron chi connectivity index (χ4n) is 3.06. The van der Waals surface area contributed by atoms with E-state index >= 15 is 0 Å². The molecule has 1 aromatic rings. The number of carbonyl (C=O) groups is 1. The van der Waals surface area contributed by atoms with E-state index < -0.39 is 0 Å². The summed E-state index contributed by atoms with van der Waals surface area (Å²) in [6.45, 7) is 2.07. The van der Waals surface area contributed by atoms with Crippen molar-refractivity contribution in [1.29, 1.82) is 0 Å². The van der Waals surface area contributed by atoms with Gasteiger partial charge in [0.25, 0.3) is 0 Å². The highest BCUT2D eigenvalue weighted by Crippen LogP contribution is 2.25. The third kappa shape index (κ3) is 2.51. The number of fused-ring (bicyclic) bond motifs is 1. The van der Waals surface area contributed by atoms with Gasteiger partial charge in [0.05, 0.1) is 6.10 Å². The first-order valence-corrected chi connectivity index (χ1v) is 7.04. The molecule has 1 amide bonds. The first-order valence-electron chi connectivity index (χ1n) is 7.04. The fourth-order valence-corrected chi connectivity index (χ4v) is 3.06. The summed E-state index contributed by atoms with van der Waals surface area (Å²) in [6.07, 6.45) is 2.30. The Hall–Kier alpha value is -1.39. The Morgan fingerprint density at radius 1 is 1.37 bits per heavy atom. The third-order valence-corrected chi connectivity index (χ3v) is 4.06. The number of carbonyl (C=O) groups excluding carboxylic acids is 1. The highest BCUT2D eigenvalue weighted by Gasteiger charge is 2.31. The predicted octanol–water partition coefficient (Wildman–Crippen LogP) is 0.857. The summed E-state index contributed by atoms with van der Waals surface area (Å²) >= 11 is 0. The van der Waals surface area contributed by atoms with Crippen LogP contribution in [0.25, 0.3) is 0 Å². The maximum absolute atomic E-state index is 12.6. The van der Waals surface area contributed by atoms with E-state index in [2.05, 4.69) is 11.4 Å². The van der Waals surface area contributed by atoms with Gasteiger partial charge in [0.15, 0.2) is 0 Å². The third-order valence-electron chi connectivity index (χ3n) is 4.06. The van der Waals surface area contributed by atoms with Crippen molar-refractivity contribution < 1.29 is 9.90 Å². The zero-order chi connectivity index (χ0) is 13.2. The van der Waals surface area contributed by atoms with Crippen LogP contribution in [-0.4, -0.2) is 41.7 Å². The Balaban J connectivity index is 1.81. The van der Waals surface area contributed by atoms with Gasteiger partial charge in [-0.3, -0.25) is 4.79 Å². The lowest BCUT2D eigenvalue weighted by Crippen LogP contribution is -2.48. The normalized spacial score (nSPS) is 26.9. The van der Waals surface area contributed by atoms with Crippen LogP contribution in [0, 0.1) is 0 Å². The monoisotopic (exact) mass is 260 g/mol. The average molecular weight is 260 g/mol. The van der Waals surface area contributed by atoms with Crippen LogP contribution in [0.3, 0.4) is 0 Å². The molecular weight excluding hydrogens is 240 g/mol. The van der Waals surface area contributed by atoms with Crippen molar-refractivity contribution in [1.82, 2.24) is 10.2 Å². The molecule has 19 heavy (non-hydrogen) atoms. The topological polar surface area (TPSA) is 52.6 Å². The second kappa shape index (κ2) is 5.31. The Labute approximate surface area is 113 Å². The van der Waals surface area contributed by atoms with Crippen LogP contribution < -0.4 is 5.32 Å². The Bertz CT molecular complexity index is 475. The van der Waals surface area contributed by atoms with Crippen molar-refractivity contribution in [3.8, 4) is 0 Å². The standard InChI is InChI=1S/C15H20N2O2/c18-12-5-3-9-17(10-12)15(19)14-13-6-2-1-4-11(13)7-8-16-14/h1-2,4,6,12,14,16,18H,3,5,7-10H2/t12-,14?/m0/s1. The highest BCUT2D eigenvalue weighted by molar-refractivity contribution is 5.84. The van der Waals surface area contributed by atoms with E-state index in [4.69, 9.17) is 0 Å². The smallest absolute Gasteiger partial charge is 0.244 e. The molecule has 2 heterocycles. The number of rotatable bonds is 1. The Morgan fingerprint density at radius 3 is 3.05 bits per heavy atom. The van der Waals surface area contributed by atoms with Gasteiger partial charge in [-0.15, -0.1) is 0 Å². The van der Waals surface area contributed by atoms with Crippen molar-refractivity contribution in [2.75, 3.05) is 19.6 Å². The van der Waals surface area contributed by atoms with Crippen LogP contribution in [0.1, 0.15) is 30.0 Å². The van der Waals surface area contributed by atoms with Crippen LogP contribution >= 0.6 is 0 Å². The number of benzene rings is 1. The van der Waals surface area contributed by atoms with Crippen molar-refractivity contribution in [2.24, 2.45) is 0 Å². The molecule has 0 radical (unpaired) electrons. The molecule has 4 nitrogen and oxygen atoms in total. The van der Waals surface area contributed by atoms with Crippen LogP contribution in [0.2, 0.25) is 0 Å². The number of piperidine rings is 1. The summed E-state index contributed by atoms with van der Waals surface area (Å²) in [5, 5.41) is 13.0. The second-order valence-corrected chi connectivity index (χ2v) is 5.42. The molecule has 2 atom stereocenters. The molecule has 1 fully saturated rings. The molecule has 4 heteroatoms. The number of nitrogens with zero attached hydrogens (tertiary/aromatic N) is 1. The van der Waals surface area contributed by atoms with Gasteiger partial charge >= 0.3 is 0 Å². The summed E-state index contributed by atoms with van der Waals surface area (Å²) < 4.78 is 0. The quantitative estimate of drug-likeness (QED) is 0.787. The number of likely N-dealkylation sites (tertiary alicyclic amines) is 1. The Morgan fingerprint density at radius 2 is 2.21 bits per heavy atom. The molecule has 0 aromatic heterocycles. The molecule has 1 saturated heterocycles. The molecule has 0 spiro atoms. The van der Waals surface area contributed by atoms with E-state index in [1.54, 1.807) is 4.90 Å². The summed E-state index contributed by atoms with van der Waals surface area (Å²) in [7, 11) is 0. The van der Waals surface area contributed by atoms with Crippen molar-refractivity contribution in [3.05, 3.63) is 35.4 Å². The molecule has 0 saturated carbocycles. The number of aliphatic hydroxyl groups excluding tert-OH is 1. The molecule has 102 valence electrons. The number of nitrogens with one attached hydrogen (secondary N) is 1. The van der Waals surface area contributed by atoms with Crippen LogP contribution in [0.5, 0.6) is 0 Å². The number of hydrogen-bond donors (Lipinski definition) is 2. The van der Waals surface area contributed by atoms with Crippen molar-refractivity contribution in [3.63, 3.8) is 0 Å². The zero-order valence-electron chi connectivity index (χ0n) is 11.0. The number of aliphatic hydroxyl groups is 1. The number of amides is 1. The first-order chi connectivity index (χ1) is 9.25. The minimum absolute atomic E-state index is 0.103. The van der Waals surface area contributed by atoms with Gasteiger partial charge in [-0.05, 0) is 30.4 Å². The molecule has 3 rings (SSSR count). The lowest BCUT2D eigenvalue weighted by atomic mass is 9.93. The Kier molecular flexibility index (Phi) is 3.53. The second-order valence-electron chi connectivity index (χ2n) is 5.42. The maximum atomic E-state index is 12.6. The predicted molar refractivity (Wildman–Crippen MR) is 72.7 cm³/mol. The SMILES string of the molecule is O=C(C1NCCc2ccccc21)N1CCC[C@H](O)C1. The number of β-amino-alcohol motifs (C(OH)–C–C–N with tert-alkyl or cyclic N) is 1. The van der Waals surface area contributed by atoms with E-state index in [1.165, 1.54) is 5.56 Å². The van der Waals surface area contributed by atoms with Crippen LogP contribution in [0.15, 0.2) is 24.3 Å². The van der Waals surface area contributed by atoms with Crippen LogP contribution in [0.4, 0.5) is 0 Å². The molecule has 2 aliphatic rings. The lowest BCUT2D eigenvalue weighted by Gasteiger charge is -2.35. The summed E-state index contributed by atoms with van der Waals surface area (Å²) in [5.74, 6) is 0.103. The molecule has 2 N–H and O–H groups in total. The van der Waals surface area contributed by atoms with Gasteiger partial charge in [0, 0.05) is 19.6 Å².